The van der Waals surface area contributed by atoms with Crippen molar-refractivity contribution in [2.45, 2.75) is 0 Å². The van der Waals surface area contributed by atoms with Crippen LogP contribution in [0.3, 0.4) is 0 Å². The minimum absolute atomic E-state index is 0.398. The molecule has 0 saturated carbocycles. The zero-order chi connectivity index (χ0) is 5.98. The average molecular weight is 131 g/mol. The van der Waals surface area contributed by atoms with Crippen LogP contribution in [0.5, 0.6) is 0 Å². The maximum atomic E-state index is 10.2. The van der Waals surface area contributed by atoms with E-state index in [1.807, 2.05) is 0 Å². The second kappa shape index (κ2) is 1.96. The van der Waals surface area contributed by atoms with Crippen molar-refractivity contribution >= 4 is 11.6 Å². The van der Waals surface area contributed by atoms with Gasteiger partial charge in [0.15, 0.2) is 0 Å². The third-order valence-corrected chi connectivity index (χ3v) is 0.872. The van der Waals surface area contributed by atoms with Crippen LogP contribution in [0.2, 0.25) is 5.02 Å². The van der Waals surface area contributed by atoms with Gasteiger partial charge >= 0.3 is 0 Å². The fraction of sp³-hybridized carbons (Fsp3) is 0. The van der Waals surface area contributed by atoms with Crippen LogP contribution in [-0.2, 0) is 0 Å². The lowest BCUT2D eigenvalue weighted by molar-refractivity contribution is -0.669. The van der Waals surface area contributed by atoms with E-state index in [0.717, 1.165) is 0 Å². The molecule has 0 spiro atoms. The summed E-state index contributed by atoms with van der Waals surface area (Å²) in [4.78, 5) is 0.405. The van der Waals surface area contributed by atoms with Gasteiger partial charge in [0, 0.05) is 5.10 Å². The zero-order valence-electron chi connectivity index (χ0n) is 3.91. The highest BCUT2D eigenvalue weighted by Crippen LogP contribution is 1.98. The molecule has 0 unspecified atom stereocenters. The first-order valence-corrected chi connectivity index (χ1v) is 2.38. The highest BCUT2D eigenvalue weighted by molar-refractivity contribution is 6.30. The van der Waals surface area contributed by atoms with Gasteiger partial charge in [0.1, 0.15) is 5.02 Å². The molecule has 42 valence electrons. The smallest absolute Gasteiger partial charge is 0.228 e. The second-order valence-corrected chi connectivity index (χ2v) is 1.68. The van der Waals surface area contributed by atoms with E-state index in [-0.39, 0.29) is 0 Å². The standard InChI is InChI=1S/C4H3ClN2O/c5-4-1-2-6-7(8)3-4/h1-3H. The Morgan fingerprint density at radius 1 is 1.75 bits per heavy atom. The van der Waals surface area contributed by atoms with E-state index >= 15 is 0 Å². The van der Waals surface area contributed by atoms with Gasteiger partial charge in [0.25, 0.3) is 0 Å². The van der Waals surface area contributed by atoms with Crippen LogP contribution in [0.15, 0.2) is 18.5 Å². The monoisotopic (exact) mass is 130 g/mol. The first-order valence-electron chi connectivity index (χ1n) is 2.00. The van der Waals surface area contributed by atoms with Gasteiger partial charge in [-0.1, -0.05) is 16.4 Å². The molecule has 0 radical (unpaired) electrons. The Balaban J connectivity index is 3.08. The van der Waals surface area contributed by atoms with Gasteiger partial charge in [-0.25, -0.2) is 0 Å². The van der Waals surface area contributed by atoms with Crippen LogP contribution in [-0.4, -0.2) is 5.10 Å². The van der Waals surface area contributed by atoms with Crippen molar-refractivity contribution in [3.05, 3.63) is 28.7 Å². The third kappa shape index (κ3) is 1.07. The molecule has 1 aromatic rings. The van der Waals surface area contributed by atoms with Gasteiger partial charge in [0.2, 0.25) is 6.20 Å². The van der Waals surface area contributed by atoms with Crippen molar-refractivity contribution in [2.24, 2.45) is 0 Å². The Morgan fingerprint density at radius 3 is 2.88 bits per heavy atom. The summed E-state index contributed by atoms with van der Waals surface area (Å²) in [5, 5.41) is 13.9. The van der Waals surface area contributed by atoms with Crippen molar-refractivity contribution in [2.75, 3.05) is 0 Å². The van der Waals surface area contributed by atoms with E-state index in [2.05, 4.69) is 5.10 Å². The number of hydrogen-bond donors (Lipinski definition) is 0. The van der Waals surface area contributed by atoms with Crippen molar-refractivity contribution < 1.29 is 4.85 Å². The van der Waals surface area contributed by atoms with E-state index in [4.69, 9.17) is 11.6 Å². The van der Waals surface area contributed by atoms with Crippen LogP contribution in [0, 0.1) is 5.21 Å². The molecule has 0 aromatic carbocycles. The average Bonchev–Trinajstić information content (AvgIpc) is 1.64. The quantitative estimate of drug-likeness (QED) is 0.376. The lowest BCUT2D eigenvalue weighted by atomic mass is 10.6. The van der Waals surface area contributed by atoms with Gasteiger partial charge in [0.05, 0.1) is 6.20 Å². The Labute approximate surface area is 51.1 Å². The van der Waals surface area contributed by atoms with Gasteiger partial charge in [-0.05, 0) is 6.07 Å². The first kappa shape index (κ1) is 5.31. The van der Waals surface area contributed by atoms with Crippen LogP contribution < -0.4 is 4.85 Å². The molecule has 8 heavy (non-hydrogen) atoms. The summed E-state index contributed by atoms with van der Waals surface area (Å²) in [6, 6.07) is 1.54. The normalized spacial score (nSPS) is 9.12. The lowest BCUT2D eigenvalue weighted by Crippen LogP contribution is -2.29. The SMILES string of the molecule is [O-][n+]1cc(Cl)ccn1. The fourth-order valence-electron chi connectivity index (χ4n) is 0.352. The van der Waals surface area contributed by atoms with Gasteiger partial charge in [-0.15, -0.1) is 0 Å². The Morgan fingerprint density at radius 2 is 2.50 bits per heavy atom. The van der Waals surface area contributed by atoms with Gasteiger partial charge in [-0.3, -0.25) is 0 Å². The number of nitrogens with zero attached hydrogens (tertiary/aromatic N) is 2. The summed E-state index contributed by atoms with van der Waals surface area (Å²) < 4.78 is 0. The van der Waals surface area contributed by atoms with Crippen molar-refractivity contribution in [3.63, 3.8) is 0 Å². The Hall–Kier alpha value is -0.830. The predicted molar refractivity (Wildman–Crippen MR) is 28.2 cm³/mol. The summed E-state index contributed by atoms with van der Waals surface area (Å²) >= 11 is 5.38. The minimum Gasteiger partial charge on any atom is -0.594 e. The molecule has 0 saturated heterocycles. The van der Waals surface area contributed by atoms with Crippen molar-refractivity contribution in [1.82, 2.24) is 5.10 Å². The van der Waals surface area contributed by atoms with E-state index in [1.54, 1.807) is 0 Å². The van der Waals surface area contributed by atoms with Crippen molar-refractivity contribution in [1.29, 1.82) is 0 Å². The number of hydrogen-bond acceptors (Lipinski definition) is 2. The van der Waals surface area contributed by atoms with E-state index in [0.29, 0.717) is 9.87 Å². The molecule has 0 amide bonds. The molecule has 1 aromatic heterocycles. The summed E-state index contributed by atoms with van der Waals surface area (Å²) in [5.41, 5.74) is 0. The summed E-state index contributed by atoms with van der Waals surface area (Å²) in [5.74, 6) is 0. The van der Waals surface area contributed by atoms with Crippen molar-refractivity contribution in [3.8, 4) is 0 Å². The van der Waals surface area contributed by atoms with Gasteiger partial charge < -0.3 is 5.21 Å². The van der Waals surface area contributed by atoms with Crippen LogP contribution in [0.4, 0.5) is 0 Å². The summed E-state index contributed by atoms with van der Waals surface area (Å²) in [7, 11) is 0. The molecule has 0 bridgehead atoms. The molecule has 0 aliphatic rings. The van der Waals surface area contributed by atoms with Crippen LogP contribution >= 0.6 is 11.6 Å². The molecule has 0 aliphatic heterocycles. The minimum atomic E-state index is 0.398. The highest BCUT2D eigenvalue weighted by atomic mass is 35.5. The highest BCUT2D eigenvalue weighted by Gasteiger charge is 1.89. The predicted octanol–water partition coefficient (Wildman–Crippen LogP) is 0.368. The lowest BCUT2D eigenvalue weighted by Gasteiger charge is -1.87. The first-order chi connectivity index (χ1) is 3.79. The third-order valence-electron chi connectivity index (χ3n) is 0.648. The van der Waals surface area contributed by atoms with E-state index in [9.17, 15) is 5.21 Å². The molecule has 0 fully saturated rings. The largest absolute Gasteiger partial charge is 0.594 e. The van der Waals surface area contributed by atoms with Crippen LogP contribution in [0.1, 0.15) is 0 Å². The molecule has 0 atom stereocenters. The molecule has 1 rings (SSSR count). The molecular formula is C4H3ClN2O. The molecule has 4 heteroatoms. The summed E-state index contributed by atoms with van der Waals surface area (Å²) in [6.07, 6.45) is 2.52. The zero-order valence-corrected chi connectivity index (χ0v) is 4.67. The molecular weight excluding hydrogens is 128 g/mol. The summed E-state index contributed by atoms with van der Waals surface area (Å²) in [6.45, 7) is 0. The van der Waals surface area contributed by atoms with E-state index in [1.165, 1.54) is 18.5 Å². The fourth-order valence-corrected chi connectivity index (χ4v) is 0.492. The maximum absolute atomic E-state index is 10.2. The number of rotatable bonds is 0. The maximum Gasteiger partial charge on any atom is 0.228 e. The molecule has 0 aliphatic carbocycles. The molecule has 1 heterocycles. The van der Waals surface area contributed by atoms with E-state index < -0.39 is 0 Å². The second-order valence-electron chi connectivity index (χ2n) is 1.25. The molecule has 0 N–H and O–H groups in total. The Kier molecular flexibility index (Phi) is 1.30. The number of aromatic nitrogens is 2. The molecule has 3 nitrogen and oxygen atoms in total. The number of halogens is 1. The Bertz CT molecular complexity index is 174. The van der Waals surface area contributed by atoms with Gasteiger partial charge in [-0.2, -0.15) is 0 Å². The topological polar surface area (TPSA) is 39.8 Å². The van der Waals surface area contributed by atoms with Crippen LogP contribution in [0.25, 0.3) is 0 Å².